The number of fused-ring (bicyclic) bond motifs is 1. The molecule has 1 aromatic heterocycles. The van der Waals surface area contributed by atoms with E-state index in [4.69, 9.17) is 5.26 Å². The van der Waals surface area contributed by atoms with Gasteiger partial charge < -0.3 is 4.90 Å². The van der Waals surface area contributed by atoms with Crippen molar-refractivity contribution in [1.82, 2.24) is 4.68 Å². The van der Waals surface area contributed by atoms with Crippen molar-refractivity contribution in [2.45, 2.75) is 50.3 Å². The van der Waals surface area contributed by atoms with Gasteiger partial charge in [-0.1, -0.05) is 32.6 Å². The van der Waals surface area contributed by atoms with Gasteiger partial charge in [0.15, 0.2) is 9.84 Å². The van der Waals surface area contributed by atoms with Gasteiger partial charge >= 0.3 is 0 Å². The molecule has 0 saturated carbocycles. The molecule has 1 aliphatic heterocycles. The largest absolute Gasteiger partial charge is 0.306 e. The SMILES string of the molecule is CCCCCCCS(=O)(=O)c1ccc2c(c1)CCN2C(=O)c1cc(C#N)cn1NS(C)(=O)=O. The van der Waals surface area contributed by atoms with Crippen LogP contribution in [0.25, 0.3) is 0 Å². The highest BCUT2D eigenvalue weighted by Gasteiger charge is 2.29. The van der Waals surface area contributed by atoms with Gasteiger partial charge in [0.2, 0.25) is 10.0 Å². The number of benzene rings is 1. The van der Waals surface area contributed by atoms with Gasteiger partial charge in [-0.3, -0.25) is 4.79 Å². The molecule has 11 heteroatoms. The average Bonchev–Trinajstić information content (AvgIpc) is 3.35. The van der Waals surface area contributed by atoms with Crippen molar-refractivity contribution in [3.05, 3.63) is 47.3 Å². The average molecular weight is 493 g/mol. The van der Waals surface area contributed by atoms with Crippen molar-refractivity contribution in [3.63, 3.8) is 0 Å². The van der Waals surface area contributed by atoms with Crippen LogP contribution >= 0.6 is 0 Å². The third-order valence-corrected chi connectivity index (χ3v) is 7.83. The second-order valence-corrected chi connectivity index (χ2v) is 12.0. The number of carbonyl (C=O) groups is 1. The molecule has 2 aromatic rings. The number of nitrogens with one attached hydrogen (secondary N) is 1. The molecule has 0 bridgehead atoms. The van der Waals surface area contributed by atoms with Crippen LogP contribution in [-0.2, 0) is 26.3 Å². The summed E-state index contributed by atoms with van der Waals surface area (Å²) >= 11 is 0. The smallest absolute Gasteiger partial charge is 0.276 e. The predicted molar refractivity (Wildman–Crippen MR) is 126 cm³/mol. The van der Waals surface area contributed by atoms with Crippen molar-refractivity contribution < 1.29 is 21.6 Å². The Morgan fingerprint density at radius 3 is 2.52 bits per heavy atom. The molecule has 1 aliphatic rings. The summed E-state index contributed by atoms with van der Waals surface area (Å²) in [6.07, 6.45) is 7.39. The molecule has 0 saturated heterocycles. The van der Waals surface area contributed by atoms with E-state index in [1.807, 2.05) is 6.07 Å². The van der Waals surface area contributed by atoms with E-state index in [1.165, 1.54) is 23.2 Å². The number of unbranched alkanes of at least 4 members (excludes halogenated alkanes) is 4. The number of anilines is 1. The molecule has 1 aromatic carbocycles. The monoisotopic (exact) mass is 492 g/mol. The molecular weight excluding hydrogens is 464 g/mol. The fourth-order valence-corrected chi connectivity index (χ4v) is 5.80. The minimum absolute atomic E-state index is 0.00592. The highest BCUT2D eigenvalue weighted by Crippen LogP contribution is 2.32. The minimum Gasteiger partial charge on any atom is -0.306 e. The number of amides is 1. The number of sulfone groups is 1. The van der Waals surface area contributed by atoms with Crippen LogP contribution < -0.4 is 9.73 Å². The van der Waals surface area contributed by atoms with E-state index in [0.29, 0.717) is 25.1 Å². The summed E-state index contributed by atoms with van der Waals surface area (Å²) in [5.74, 6) is -0.391. The molecule has 0 radical (unpaired) electrons. The van der Waals surface area contributed by atoms with Crippen LogP contribution in [0.1, 0.15) is 60.6 Å². The highest BCUT2D eigenvalue weighted by atomic mass is 32.2. The molecule has 0 unspecified atom stereocenters. The van der Waals surface area contributed by atoms with Gasteiger partial charge in [0.1, 0.15) is 11.8 Å². The molecule has 1 amide bonds. The van der Waals surface area contributed by atoms with Gasteiger partial charge in [-0.2, -0.15) is 5.26 Å². The normalized spacial score (nSPS) is 13.5. The first-order valence-corrected chi connectivity index (χ1v) is 14.4. The quantitative estimate of drug-likeness (QED) is 0.508. The Labute approximate surface area is 195 Å². The summed E-state index contributed by atoms with van der Waals surface area (Å²) in [5.41, 5.74) is 1.44. The molecular formula is C22H28N4O5S2. The molecule has 1 N–H and O–H groups in total. The van der Waals surface area contributed by atoms with Crippen LogP contribution in [0.2, 0.25) is 0 Å². The molecule has 0 aliphatic carbocycles. The van der Waals surface area contributed by atoms with Gasteiger partial charge in [0.05, 0.1) is 22.5 Å². The summed E-state index contributed by atoms with van der Waals surface area (Å²) in [5, 5.41) is 9.17. The van der Waals surface area contributed by atoms with Crippen LogP contribution in [0.15, 0.2) is 35.4 Å². The number of aromatic nitrogens is 1. The van der Waals surface area contributed by atoms with Crippen molar-refractivity contribution in [3.8, 4) is 6.07 Å². The summed E-state index contributed by atoms with van der Waals surface area (Å²) < 4.78 is 49.8. The van der Waals surface area contributed by atoms with Crippen molar-refractivity contribution in [2.75, 3.05) is 28.3 Å². The van der Waals surface area contributed by atoms with E-state index in [2.05, 4.69) is 11.8 Å². The Bertz CT molecular complexity index is 1290. The molecule has 0 fully saturated rings. The first kappa shape index (κ1) is 24.8. The first-order chi connectivity index (χ1) is 15.6. The van der Waals surface area contributed by atoms with E-state index >= 15 is 0 Å². The Kier molecular flexibility index (Phi) is 7.49. The maximum Gasteiger partial charge on any atom is 0.276 e. The van der Waals surface area contributed by atoms with Gasteiger partial charge in [0, 0.05) is 18.4 Å². The molecule has 178 valence electrons. The fraction of sp³-hybridized carbons (Fsp3) is 0.455. The Hall–Kier alpha value is -2.84. The lowest BCUT2D eigenvalue weighted by Crippen LogP contribution is -2.33. The van der Waals surface area contributed by atoms with Crippen LogP contribution in [0.5, 0.6) is 0 Å². The molecule has 9 nitrogen and oxygen atoms in total. The number of hydrogen-bond donors (Lipinski definition) is 1. The fourth-order valence-electron chi connectivity index (χ4n) is 3.88. The molecule has 0 spiro atoms. The van der Waals surface area contributed by atoms with Gasteiger partial charge in [-0.15, -0.1) is 0 Å². The molecule has 33 heavy (non-hydrogen) atoms. The number of hydrogen-bond acceptors (Lipinski definition) is 6. The molecule has 2 heterocycles. The Morgan fingerprint density at radius 1 is 1.12 bits per heavy atom. The Morgan fingerprint density at radius 2 is 1.85 bits per heavy atom. The van der Waals surface area contributed by atoms with E-state index < -0.39 is 25.8 Å². The molecule has 3 rings (SSSR count). The van der Waals surface area contributed by atoms with Gasteiger partial charge in [-0.05, 0) is 42.7 Å². The van der Waals surface area contributed by atoms with E-state index in [-0.39, 0.29) is 21.9 Å². The first-order valence-electron chi connectivity index (χ1n) is 10.8. The van der Waals surface area contributed by atoms with Crippen molar-refractivity contribution in [1.29, 1.82) is 5.26 Å². The standard InChI is InChI=1S/C22H28N4O5S2/c1-3-4-5-6-7-12-33(30,31)19-8-9-20-18(14-19)10-11-25(20)22(27)21-13-17(15-23)16-26(21)24-32(2,28)29/h8-9,13-14,16,24H,3-7,10-12H2,1-2H3. The highest BCUT2D eigenvalue weighted by molar-refractivity contribution is 7.91. The number of nitriles is 1. The zero-order chi connectivity index (χ0) is 24.2. The van der Waals surface area contributed by atoms with E-state index in [1.54, 1.807) is 12.1 Å². The van der Waals surface area contributed by atoms with Crippen LogP contribution in [0.4, 0.5) is 5.69 Å². The predicted octanol–water partition coefficient (Wildman–Crippen LogP) is 2.81. The number of carbonyl (C=O) groups excluding carboxylic acids is 1. The second kappa shape index (κ2) is 9.97. The Balaban J connectivity index is 1.81. The zero-order valence-electron chi connectivity index (χ0n) is 18.7. The maximum absolute atomic E-state index is 13.2. The van der Waals surface area contributed by atoms with E-state index in [0.717, 1.165) is 42.2 Å². The lowest BCUT2D eigenvalue weighted by Gasteiger charge is -2.19. The third kappa shape index (κ3) is 5.94. The summed E-state index contributed by atoms with van der Waals surface area (Å²) in [4.78, 5) is 17.1. The molecule has 0 atom stereocenters. The number of nitrogens with zero attached hydrogens (tertiary/aromatic N) is 3. The minimum atomic E-state index is -3.68. The summed E-state index contributed by atoms with van der Waals surface area (Å²) in [7, 11) is -7.09. The van der Waals surface area contributed by atoms with Gasteiger partial charge in [-0.25, -0.2) is 26.3 Å². The van der Waals surface area contributed by atoms with Gasteiger partial charge in [0.25, 0.3) is 5.91 Å². The van der Waals surface area contributed by atoms with Crippen LogP contribution in [-0.4, -0.2) is 46.0 Å². The number of rotatable bonds is 10. The lowest BCUT2D eigenvalue weighted by atomic mass is 10.2. The number of sulfonamides is 1. The summed E-state index contributed by atoms with van der Waals surface area (Å²) in [6, 6.07) is 7.97. The maximum atomic E-state index is 13.2. The van der Waals surface area contributed by atoms with E-state index in [9.17, 15) is 21.6 Å². The zero-order valence-corrected chi connectivity index (χ0v) is 20.4. The third-order valence-electron chi connectivity index (χ3n) is 5.50. The topological polar surface area (TPSA) is 129 Å². The van der Waals surface area contributed by atoms with Crippen molar-refractivity contribution in [2.24, 2.45) is 0 Å². The van der Waals surface area contributed by atoms with Crippen LogP contribution in [0.3, 0.4) is 0 Å². The second-order valence-electron chi connectivity index (χ2n) is 8.19. The lowest BCUT2D eigenvalue weighted by molar-refractivity contribution is 0.0982. The van der Waals surface area contributed by atoms with Crippen LogP contribution in [0, 0.1) is 11.3 Å². The summed E-state index contributed by atoms with van der Waals surface area (Å²) in [6.45, 7) is 2.43. The van der Waals surface area contributed by atoms with Crippen molar-refractivity contribution >= 4 is 31.5 Å².